The second-order valence-corrected chi connectivity index (χ2v) is 7.64. The summed E-state index contributed by atoms with van der Waals surface area (Å²) in [7, 11) is 0. The molecule has 0 aromatic heterocycles. The maximum atomic E-state index is 12.2. The van der Waals surface area contributed by atoms with Gasteiger partial charge < -0.3 is 5.32 Å². The van der Waals surface area contributed by atoms with E-state index in [4.69, 9.17) is 0 Å². The van der Waals surface area contributed by atoms with Gasteiger partial charge in [0.05, 0.1) is 5.25 Å². The van der Waals surface area contributed by atoms with Crippen LogP contribution in [0.1, 0.15) is 12.0 Å². The molecule has 1 aliphatic heterocycles. The third kappa shape index (κ3) is 4.08. The third-order valence-corrected chi connectivity index (χ3v) is 5.99. The zero-order chi connectivity index (χ0) is 15.2. The fourth-order valence-corrected chi connectivity index (χ4v) is 4.53. The molecule has 114 valence electrons. The third-order valence-electron chi connectivity index (χ3n) is 3.57. The first-order valence-corrected chi connectivity index (χ1v) is 9.39. The average Bonchev–Trinajstić information content (AvgIpc) is 2.99. The van der Waals surface area contributed by atoms with E-state index in [9.17, 15) is 4.79 Å². The van der Waals surface area contributed by atoms with E-state index in [2.05, 4.69) is 41.7 Å². The average molecular weight is 329 g/mol. The van der Waals surface area contributed by atoms with Crippen molar-refractivity contribution in [1.82, 2.24) is 5.32 Å². The van der Waals surface area contributed by atoms with Crippen molar-refractivity contribution in [3.63, 3.8) is 0 Å². The molecule has 4 heteroatoms. The van der Waals surface area contributed by atoms with E-state index in [0.29, 0.717) is 0 Å². The van der Waals surface area contributed by atoms with Crippen molar-refractivity contribution in [2.24, 2.45) is 0 Å². The molecule has 2 nitrogen and oxygen atoms in total. The van der Waals surface area contributed by atoms with E-state index in [-0.39, 0.29) is 11.2 Å². The quantitative estimate of drug-likeness (QED) is 0.641. The van der Waals surface area contributed by atoms with E-state index in [0.717, 1.165) is 25.1 Å². The number of hydrogen-bond donors (Lipinski definition) is 1. The van der Waals surface area contributed by atoms with Crippen LogP contribution in [0.4, 0.5) is 0 Å². The van der Waals surface area contributed by atoms with Gasteiger partial charge >= 0.3 is 0 Å². The van der Waals surface area contributed by atoms with Crippen molar-refractivity contribution < 1.29 is 4.79 Å². The molecule has 0 bridgehead atoms. The number of nitrogens with one attached hydrogen (secondary N) is 1. The Morgan fingerprint density at radius 3 is 2.73 bits per heavy atom. The molecule has 0 spiro atoms. The summed E-state index contributed by atoms with van der Waals surface area (Å²) in [6, 6.07) is 18.7. The van der Waals surface area contributed by atoms with Crippen LogP contribution in [-0.2, 0) is 11.2 Å². The van der Waals surface area contributed by atoms with Crippen LogP contribution in [0.25, 0.3) is 0 Å². The standard InChI is InChI=1S/C18H19NOS2/c20-18(17-13-14-7-4-5-10-16(14)22-17)19-11-6-12-21-15-8-2-1-3-9-15/h1-5,7-10,17H,6,11-13H2,(H,19,20)/t17-/m0/s1. The lowest BCUT2D eigenvalue weighted by molar-refractivity contribution is -0.120. The predicted molar refractivity (Wildman–Crippen MR) is 94.6 cm³/mol. The van der Waals surface area contributed by atoms with Crippen molar-refractivity contribution in [2.75, 3.05) is 12.3 Å². The van der Waals surface area contributed by atoms with Crippen molar-refractivity contribution in [2.45, 2.75) is 27.9 Å². The Bertz CT molecular complexity index is 605. The number of carbonyl (C=O) groups is 1. The van der Waals surface area contributed by atoms with Gasteiger partial charge in [0.25, 0.3) is 0 Å². The van der Waals surface area contributed by atoms with Crippen LogP contribution < -0.4 is 5.32 Å². The number of fused-ring (bicyclic) bond motifs is 1. The summed E-state index contributed by atoms with van der Waals surface area (Å²) < 4.78 is 0. The highest BCUT2D eigenvalue weighted by Crippen LogP contribution is 2.36. The fourth-order valence-electron chi connectivity index (χ4n) is 2.43. The molecular formula is C18H19NOS2. The van der Waals surface area contributed by atoms with Crippen LogP contribution >= 0.6 is 23.5 Å². The van der Waals surface area contributed by atoms with Crippen molar-refractivity contribution in [1.29, 1.82) is 0 Å². The molecule has 1 atom stereocenters. The van der Waals surface area contributed by atoms with Gasteiger partial charge in [-0.05, 0) is 42.4 Å². The number of rotatable bonds is 6. The minimum atomic E-state index is 0.0409. The van der Waals surface area contributed by atoms with Gasteiger partial charge in [-0.1, -0.05) is 36.4 Å². The molecule has 1 amide bonds. The molecule has 0 unspecified atom stereocenters. The Labute approximate surface area is 140 Å². The normalized spacial score (nSPS) is 16.3. The minimum absolute atomic E-state index is 0.0409. The number of hydrogen-bond acceptors (Lipinski definition) is 3. The van der Waals surface area contributed by atoms with Crippen molar-refractivity contribution in [3.05, 3.63) is 60.2 Å². The molecule has 1 heterocycles. The van der Waals surface area contributed by atoms with E-state index < -0.39 is 0 Å². The summed E-state index contributed by atoms with van der Waals surface area (Å²) in [4.78, 5) is 14.7. The van der Waals surface area contributed by atoms with Gasteiger partial charge in [0.1, 0.15) is 0 Å². The maximum Gasteiger partial charge on any atom is 0.233 e. The smallest absolute Gasteiger partial charge is 0.233 e. The highest BCUT2D eigenvalue weighted by atomic mass is 32.2. The van der Waals surface area contributed by atoms with Gasteiger partial charge in [0.2, 0.25) is 5.91 Å². The van der Waals surface area contributed by atoms with Crippen LogP contribution in [0.5, 0.6) is 0 Å². The molecule has 0 saturated carbocycles. The Kier molecular flexibility index (Phi) is 5.46. The molecule has 2 aromatic rings. The molecule has 0 radical (unpaired) electrons. The molecule has 0 saturated heterocycles. The Morgan fingerprint density at radius 1 is 1.14 bits per heavy atom. The highest BCUT2D eigenvalue weighted by Gasteiger charge is 2.27. The van der Waals surface area contributed by atoms with Crippen molar-refractivity contribution in [3.8, 4) is 0 Å². The monoisotopic (exact) mass is 329 g/mol. The van der Waals surface area contributed by atoms with Crippen LogP contribution in [0.3, 0.4) is 0 Å². The molecule has 22 heavy (non-hydrogen) atoms. The van der Waals surface area contributed by atoms with Gasteiger partial charge in [0, 0.05) is 16.3 Å². The second kappa shape index (κ2) is 7.75. The molecule has 1 aliphatic rings. The van der Waals surface area contributed by atoms with Gasteiger partial charge in [-0.15, -0.1) is 23.5 Å². The van der Waals surface area contributed by atoms with E-state index in [1.165, 1.54) is 15.4 Å². The van der Waals surface area contributed by atoms with Gasteiger partial charge in [-0.3, -0.25) is 4.79 Å². The molecule has 2 aromatic carbocycles. The van der Waals surface area contributed by atoms with Crippen LogP contribution in [0.15, 0.2) is 64.4 Å². The highest BCUT2D eigenvalue weighted by molar-refractivity contribution is 8.01. The minimum Gasteiger partial charge on any atom is -0.355 e. The molecule has 0 fully saturated rings. The fraction of sp³-hybridized carbons (Fsp3) is 0.278. The van der Waals surface area contributed by atoms with Crippen LogP contribution in [-0.4, -0.2) is 23.5 Å². The summed E-state index contributed by atoms with van der Waals surface area (Å²) >= 11 is 3.53. The lowest BCUT2D eigenvalue weighted by Gasteiger charge is -2.09. The SMILES string of the molecule is O=C(NCCCSc1ccccc1)[C@@H]1Cc2ccccc2S1. The van der Waals surface area contributed by atoms with Gasteiger partial charge in [-0.2, -0.15) is 0 Å². The summed E-state index contributed by atoms with van der Waals surface area (Å²) in [5.41, 5.74) is 1.30. The van der Waals surface area contributed by atoms with Gasteiger partial charge in [-0.25, -0.2) is 0 Å². The molecule has 0 aliphatic carbocycles. The number of carbonyl (C=O) groups excluding carboxylic acids is 1. The summed E-state index contributed by atoms with van der Waals surface area (Å²) in [5.74, 6) is 1.20. The predicted octanol–water partition coefficient (Wildman–Crippen LogP) is 4.00. The Hall–Kier alpha value is -1.39. The maximum absolute atomic E-state index is 12.2. The first kappa shape index (κ1) is 15.5. The van der Waals surface area contributed by atoms with Gasteiger partial charge in [0.15, 0.2) is 0 Å². The van der Waals surface area contributed by atoms with E-state index in [1.807, 2.05) is 30.0 Å². The first-order chi connectivity index (χ1) is 10.8. The second-order valence-electron chi connectivity index (χ2n) is 5.22. The first-order valence-electron chi connectivity index (χ1n) is 7.53. The largest absolute Gasteiger partial charge is 0.355 e. The topological polar surface area (TPSA) is 29.1 Å². The summed E-state index contributed by atoms with van der Waals surface area (Å²) in [6.45, 7) is 0.756. The molecule has 3 rings (SSSR count). The zero-order valence-electron chi connectivity index (χ0n) is 12.3. The summed E-state index contributed by atoms with van der Waals surface area (Å²) in [6.07, 6.45) is 1.85. The van der Waals surface area contributed by atoms with Crippen LogP contribution in [0.2, 0.25) is 0 Å². The lowest BCUT2D eigenvalue weighted by atomic mass is 10.1. The molecule has 1 N–H and O–H groups in total. The van der Waals surface area contributed by atoms with E-state index in [1.54, 1.807) is 11.8 Å². The Morgan fingerprint density at radius 2 is 1.91 bits per heavy atom. The zero-order valence-corrected chi connectivity index (χ0v) is 14.0. The lowest BCUT2D eigenvalue weighted by Crippen LogP contribution is -2.33. The van der Waals surface area contributed by atoms with E-state index >= 15 is 0 Å². The Balaban J connectivity index is 1.35. The summed E-state index contributed by atoms with van der Waals surface area (Å²) in [5, 5.41) is 3.11. The molecular weight excluding hydrogens is 310 g/mol. The van der Waals surface area contributed by atoms with Crippen LogP contribution in [0, 0.1) is 0 Å². The number of benzene rings is 2. The number of amides is 1. The number of thioether (sulfide) groups is 2. The van der Waals surface area contributed by atoms with Crippen molar-refractivity contribution >= 4 is 29.4 Å².